The van der Waals surface area contributed by atoms with Gasteiger partial charge in [0.25, 0.3) is 5.82 Å². The first-order chi connectivity index (χ1) is 9.00. The van der Waals surface area contributed by atoms with E-state index in [-0.39, 0.29) is 11.6 Å². The van der Waals surface area contributed by atoms with Crippen molar-refractivity contribution in [3.8, 4) is 0 Å². The molecule has 0 spiro atoms. The summed E-state index contributed by atoms with van der Waals surface area (Å²) in [6.45, 7) is 4.65. The minimum absolute atomic E-state index is 0.101. The maximum absolute atomic E-state index is 11.5. The van der Waals surface area contributed by atoms with Crippen molar-refractivity contribution in [1.29, 1.82) is 0 Å². The van der Waals surface area contributed by atoms with E-state index in [9.17, 15) is 9.59 Å². The van der Waals surface area contributed by atoms with Crippen LogP contribution in [0.5, 0.6) is 0 Å². The normalized spacial score (nSPS) is 10.7. The Labute approximate surface area is 115 Å². The summed E-state index contributed by atoms with van der Waals surface area (Å²) in [5.41, 5.74) is 0. The molecule has 4 nitrogen and oxygen atoms in total. The number of nitrogens with zero attached hydrogens (tertiary/aromatic N) is 2. The van der Waals surface area contributed by atoms with Gasteiger partial charge in [-0.2, -0.15) is 0 Å². The van der Waals surface area contributed by atoms with Gasteiger partial charge in [0.05, 0.1) is 13.6 Å². The standard InChI is InChI=1S/C15H25N2O2/c1-13(18)8-9-15(19)7-5-4-6-10-17-12-11-16(3)14(17)2/h11-12H,4-10H2,1-3H3/q+1. The summed E-state index contributed by atoms with van der Waals surface area (Å²) in [6, 6.07) is 0. The number of hydrogen-bond donors (Lipinski definition) is 0. The Kier molecular flexibility index (Phi) is 6.46. The lowest BCUT2D eigenvalue weighted by Gasteiger charge is -2.01. The fraction of sp³-hybridized carbons (Fsp3) is 0.667. The van der Waals surface area contributed by atoms with Crippen LogP contribution in [0.4, 0.5) is 0 Å². The van der Waals surface area contributed by atoms with Crippen LogP contribution in [0.2, 0.25) is 0 Å². The zero-order valence-corrected chi connectivity index (χ0v) is 12.3. The molecule has 0 aliphatic carbocycles. The van der Waals surface area contributed by atoms with E-state index in [0.29, 0.717) is 19.3 Å². The lowest BCUT2D eigenvalue weighted by Crippen LogP contribution is -2.29. The molecule has 1 rings (SSSR count). The first-order valence-electron chi connectivity index (χ1n) is 7.03. The second-order valence-corrected chi connectivity index (χ2v) is 5.20. The molecular weight excluding hydrogens is 240 g/mol. The third kappa shape index (κ3) is 5.81. The van der Waals surface area contributed by atoms with Crippen molar-refractivity contribution in [3.63, 3.8) is 0 Å². The molecule has 0 unspecified atom stereocenters. The smallest absolute Gasteiger partial charge is 0.253 e. The van der Waals surface area contributed by atoms with Crippen molar-refractivity contribution in [2.75, 3.05) is 0 Å². The van der Waals surface area contributed by atoms with Gasteiger partial charge in [0, 0.05) is 26.2 Å². The van der Waals surface area contributed by atoms with E-state index in [1.807, 2.05) is 7.05 Å². The van der Waals surface area contributed by atoms with Crippen molar-refractivity contribution in [2.24, 2.45) is 7.05 Å². The van der Waals surface area contributed by atoms with Crippen LogP contribution in [0.3, 0.4) is 0 Å². The van der Waals surface area contributed by atoms with E-state index in [1.165, 1.54) is 12.7 Å². The zero-order valence-electron chi connectivity index (χ0n) is 12.3. The van der Waals surface area contributed by atoms with Crippen molar-refractivity contribution in [3.05, 3.63) is 18.2 Å². The van der Waals surface area contributed by atoms with E-state index in [2.05, 4.69) is 28.5 Å². The summed E-state index contributed by atoms with van der Waals surface area (Å²) in [7, 11) is 2.04. The summed E-state index contributed by atoms with van der Waals surface area (Å²) in [5.74, 6) is 1.57. The molecule has 0 fully saturated rings. The molecular formula is C15H25N2O2+. The summed E-state index contributed by atoms with van der Waals surface area (Å²) < 4.78 is 4.34. The Morgan fingerprint density at radius 2 is 1.89 bits per heavy atom. The number of aryl methyl sites for hydroxylation is 2. The Balaban J connectivity index is 2.10. The molecule has 1 aromatic heterocycles. The molecule has 19 heavy (non-hydrogen) atoms. The minimum Gasteiger partial charge on any atom is -0.300 e. The number of carbonyl (C=O) groups is 2. The van der Waals surface area contributed by atoms with Gasteiger partial charge in [-0.25, -0.2) is 9.13 Å². The topological polar surface area (TPSA) is 43.0 Å². The Hall–Kier alpha value is -1.45. The Morgan fingerprint density at radius 1 is 1.16 bits per heavy atom. The lowest BCUT2D eigenvalue weighted by molar-refractivity contribution is -0.677. The van der Waals surface area contributed by atoms with Gasteiger partial charge in [-0.15, -0.1) is 0 Å². The number of unbranched alkanes of at least 4 members (excludes halogenated alkanes) is 2. The van der Waals surface area contributed by atoms with Crippen LogP contribution in [-0.2, 0) is 23.2 Å². The molecule has 0 saturated heterocycles. The number of aromatic nitrogens is 2. The summed E-state index contributed by atoms with van der Waals surface area (Å²) >= 11 is 0. The monoisotopic (exact) mass is 265 g/mol. The maximum atomic E-state index is 11.5. The third-order valence-electron chi connectivity index (χ3n) is 3.51. The van der Waals surface area contributed by atoms with Crippen molar-refractivity contribution >= 4 is 11.6 Å². The van der Waals surface area contributed by atoms with Gasteiger partial charge in [0.15, 0.2) is 0 Å². The Morgan fingerprint density at radius 3 is 2.47 bits per heavy atom. The highest BCUT2D eigenvalue weighted by Gasteiger charge is 2.08. The fourth-order valence-electron chi connectivity index (χ4n) is 2.06. The molecule has 1 heterocycles. The highest BCUT2D eigenvalue weighted by atomic mass is 16.1. The molecule has 0 amide bonds. The number of rotatable bonds is 9. The van der Waals surface area contributed by atoms with Crippen LogP contribution in [0.1, 0.15) is 51.3 Å². The van der Waals surface area contributed by atoms with Gasteiger partial charge in [-0.1, -0.05) is 0 Å². The van der Waals surface area contributed by atoms with Gasteiger partial charge in [-0.3, -0.25) is 4.79 Å². The number of Topliss-reactive ketones (excluding diaryl/α,β-unsaturated/α-hetero) is 2. The highest BCUT2D eigenvalue weighted by molar-refractivity contribution is 5.84. The van der Waals surface area contributed by atoms with E-state index in [4.69, 9.17) is 0 Å². The van der Waals surface area contributed by atoms with Crippen molar-refractivity contribution in [2.45, 2.75) is 58.9 Å². The van der Waals surface area contributed by atoms with Gasteiger partial charge in [-0.05, 0) is 26.2 Å². The molecule has 0 radical (unpaired) electrons. The van der Waals surface area contributed by atoms with E-state index in [0.717, 1.165) is 25.8 Å². The fourth-order valence-corrected chi connectivity index (χ4v) is 2.06. The SMILES string of the molecule is CC(=O)CCC(=O)CCCCCn1cc[n+](C)c1C. The molecule has 106 valence electrons. The first kappa shape index (κ1) is 15.6. The summed E-state index contributed by atoms with van der Waals surface area (Å²) in [6.07, 6.45) is 8.67. The minimum atomic E-state index is 0.101. The van der Waals surface area contributed by atoms with Crippen molar-refractivity contribution in [1.82, 2.24) is 4.57 Å². The Bertz CT molecular complexity index is 435. The van der Waals surface area contributed by atoms with E-state index in [1.54, 1.807) is 0 Å². The second kappa shape index (κ2) is 7.87. The van der Waals surface area contributed by atoms with Crippen LogP contribution in [0.25, 0.3) is 0 Å². The van der Waals surface area contributed by atoms with Gasteiger partial charge >= 0.3 is 0 Å². The van der Waals surface area contributed by atoms with Crippen molar-refractivity contribution < 1.29 is 14.2 Å². The van der Waals surface area contributed by atoms with E-state index >= 15 is 0 Å². The summed E-state index contributed by atoms with van der Waals surface area (Å²) in [4.78, 5) is 22.2. The second-order valence-electron chi connectivity index (χ2n) is 5.20. The number of ketones is 2. The predicted octanol–water partition coefficient (Wildman–Crippen LogP) is 2.12. The number of carbonyl (C=O) groups excluding carboxylic acids is 2. The van der Waals surface area contributed by atoms with Crippen LogP contribution in [-0.4, -0.2) is 16.1 Å². The molecule has 0 aliphatic rings. The molecule has 1 aromatic rings. The molecule has 0 N–H and O–H groups in total. The lowest BCUT2D eigenvalue weighted by atomic mass is 10.1. The number of imidazole rings is 1. The molecule has 0 aromatic carbocycles. The van der Waals surface area contributed by atoms with Crippen LogP contribution in [0, 0.1) is 6.92 Å². The quantitative estimate of drug-likeness (QED) is 0.507. The molecule has 0 bridgehead atoms. The van der Waals surface area contributed by atoms with Gasteiger partial charge < -0.3 is 4.79 Å². The van der Waals surface area contributed by atoms with Gasteiger partial charge in [0.2, 0.25) is 0 Å². The first-order valence-corrected chi connectivity index (χ1v) is 7.03. The van der Waals surface area contributed by atoms with Gasteiger partial charge in [0.1, 0.15) is 24.0 Å². The number of hydrogen-bond acceptors (Lipinski definition) is 2. The predicted molar refractivity (Wildman–Crippen MR) is 73.7 cm³/mol. The van der Waals surface area contributed by atoms with E-state index < -0.39 is 0 Å². The highest BCUT2D eigenvalue weighted by Crippen LogP contribution is 2.06. The average molecular weight is 265 g/mol. The zero-order chi connectivity index (χ0) is 14.3. The summed E-state index contributed by atoms with van der Waals surface area (Å²) in [5, 5.41) is 0. The van der Waals surface area contributed by atoms with Crippen LogP contribution >= 0.6 is 0 Å². The van der Waals surface area contributed by atoms with Crippen LogP contribution in [0.15, 0.2) is 12.4 Å². The van der Waals surface area contributed by atoms with Crippen LogP contribution < -0.4 is 4.57 Å². The molecule has 0 atom stereocenters. The third-order valence-corrected chi connectivity index (χ3v) is 3.51. The molecule has 0 saturated carbocycles. The average Bonchev–Trinajstić information content (AvgIpc) is 2.67. The molecule has 4 heteroatoms. The maximum Gasteiger partial charge on any atom is 0.253 e. The molecule has 0 aliphatic heterocycles. The largest absolute Gasteiger partial charge is 0.300 e.